The minimum absolute atomic E-state index is 0.236. The van der Waals surface area contributed by atoms with Crippen LogP contribution in [0.4, 0.5) is 4.39 Å². The second kappa shape index (κ2) is 7.67. The molecular weight excluding hydrogens is 217 g/mol. The zero-order valence-electron chi connectivity index (χ0n) is 10.2. The number of ether oxygens (including phenoxy) is 1. The molecule has 0 aliphatic rings. The summed E-state index contributed by atoms with van der Waals surface area (Å²) >= 11 is 0. The van der Waals surface area contributed by atoms with Crippen molar-refractivity contribution in [2.24, 2.45) is 0 Å². The first-order chi connectivity index (χ1) is 8.27. The van der Waals surface area contributed by atoms with Gasteiger partial charge in [-0.15, -0.1) is 0 Å². The molecule has 0 N–H and O–H groups in total. The maximum atomic E-state index is 13.4. The van der Waals surface area contributed by atoms with Crippen LogP contribution in [0.15, 0.2) is 18.2 Å². The van der Waals surface area contributed by atoms with Gasteiger partial charge in [-0.1, -0.05) is 32.6 Å². The van der Waals surface area contributed by atoms with Crippen molar-refractivity contribution in [1.29, 1.82) is 5.26 Å². The number of nitriles is 1. The lowest BCUT2D eigenvalue weighted by atomic mass is 10.2. The van der Waals surface area contributed by atoms with E-state index in [1.807, 2.05) is 6.07 Å². The van der Waals surface area contributed by atoms with Gasteiger partial charge in [0.1, 0.15) is 0 Å². The molecule has 0 radical (unpaired) electrons. The van der Waals surface area contributed by atoms with Gasteiger partial charge in [0.15, 0.2) is 11.6 Å². The molecule has 0 bridgehead atoms. The number of hydrogen-bond donors (Lipinski definition) is 0. The van der Waals surface area contributed by atoms with Gasteiger partial charge in [-0.3, -0.25) is 0 Å². The first kappa shape index (κ1) is 13.5. The molecule has 1 aromatic rings. The number of nitrogens with zero attached hydrogens (tertiary/aromatic N) is 1. The monoisotopic (exact) mass is 235 g/mol. The second-order valence-corrected chi connectivity index (χ2v) is 4.02. The summed E-state index contributed by atoms with van der Waals surface area (Å²) in [5.41, 5.74) is 0.317. The maximum absolute atomic E-state index is 13.4. The van der Waals surface area contributed by atoms with Gasteiger partial charge < -0.3 is 4.74 Å². The maximum Gasteiger partial charge on any atom is 0.166 e. The normalized spacial score (nSPS) is 9.94. The van der Waals surface area contributed by atoms with E-state index in [1.54, 1.807) is 6.07 Å². The topological polar surface area (TPSA) is 33.0 Å². The smallest absolute Gasteiger partial charge is 0.166 e. The van der Waals surface area contributed by atoms with Gasteiger partial charge in [0, 0.05) is 0 Å². The molecule has 92 valence electrons. The van der Waals surface area contributed by atoms with Crippen LogP contribution in [-0.2, 0) is 0 Å². The SMILES string of the molecule is CCCCCCCOc1ccc(C#N)cc1F. The Balaban J connectivity index is 2.30. The number of halogens is 1. The third kappa shape index (κ3) is 4.86. The molecule has 0 heterocycles. The summed E-state index contributed by atoms with van der Waals surface area (Å²) in [7, 11) is 0. The predicted molar refractivity (Wildman–Crippen MR) is 65.4 cm³/mol. The lowest BCUT2D eigenvalue weighted by Crippen LogP contribution is -1.99. The van der Waals surface area contributed by atoms with E-state index in [2.05, 4.69) is 6.92 Å². The summed E-state index contributed by atoms with van der Waals surface area (Å²) in [5, 5.41) is 8.59. The minimum Gasteiger partial charge on any atom is -0.491 e. The van der Waals surface area contributed by atoms with Crippen LogP contribution in [-0.4, -0.2) is 6.61 Å². The molecule has 0 aliphatic carbocycles. The molecule has 1 aromatic carbocycles. The molecule has 0 unspecified atom stereocenters. The highest BCUT2D eigenvalue weighted by Gasteiger charge is 2.04. The van der Waals surface area contributed by atoms with E-state index in [0.717, 1.165) is 12.8 Å². The first-order valence-corrected chi connectivity index (χ1v) is 6.10. The van der Waals surface area contributed by atoms with Gasteiger partial charge in [-0.25, -0.2) is 4.39 Å². The largest absolute Gasteiger partial charge is 0.491 e. The summed E-state index contributed by atoms with van der Waals surface area (Å²) in [5.74, 6) is -0.225. The van der Waals surface area contributed by atoms with Gasteiger partial charge >= 0.3 is 0 Å². The molecule has 1 rings (SSSR count). The van der Waals surface area contributed by atoms with Crippen LogP contribution in [0.1, 0.15) is 44.6 Å². The molecule has 3 heteroatoms. The van der Waals surface area contributed by atoms with E-state index in [-0.39, 0.29) is 5.75 Å². The van der Waals surface area contributed by atoms with Crippen LogP contribution < -0.4 is 4.74 Å². The molecule has 0 aromatic heterocycles. The zero-order valence-corrected chi connectivity index (χ0v) is 10.2. The van der Waals surface area contributed by atoms with Crippen LogP contribution in [0, 0.1) is 17.1 Å². The third-order valence-electron chi connectivity index (χ3n) is 2.57. The Morgan fingerprint density at radius 2 is 2.00 bits per heavy atom. The van der Waals surface area contributed by atoms with Gasteiger partial charge in [0.25, 0.3) is 0 Å². The fourth-order valence-corrected chi connectivity index (χ4v) is 1.58. The minimum atomic E-state index is -0.461. The third-order valence-corrected chi connectivity index (χ3v) is 2.57. The standard InChI is InChI=1S/C14H18FNO/c1-2-3-4-5-6-9-17-14-8-7-12(11-16)10-13(14)15/h7-8,10H,2-6,9H2,1H3. The molecule has 17 heavy (non-hydrogen) atoms. The van der Waals surface area contributed by atoms with E-state index in [4.69, 9.17) is 10.00 Å². The summed E-state index contributed by atoms with van der Waals surface area (Å²) in [4.78, 5) is 0. The van der Waals surface area contributed by atoms with Crippen molar-refractivity contribution >= 4 is 0 Å². The molecule has 0 fully saturated rings. The van der Waals surface area contributed by atoms with E-state index in [0.29, 0.717) is 12.2 Å². The molecule has 0 saturated carbocycles. The number of benzene rings is 1. The van der Waals surface area contributed by atoms with Gasteiger partial charge in [0.05, 0.1) is 18.2 Å². The van der Waals surface area contributed by atoms with Gasteiger partial charge in [-0.2, -0.15) is 5.26 Å². The van der Waals surface area contributed by atoms with Crippen molar-refractivity contribution in [1.82, 2.24) is 0 Å². The molecule has 0 amide bonds. The van der Waals surface area contributed by atoms with Crippen LogP contribution in [0.5, 0.6) is 5.75 Å². The quantitative estimate of drug-likeness (QED) is 0.668. The molecule has 0 spiro atoms. The van der Waals surface area contributed by atoms with Gasteiger partial charge in [0.2, 0.25) is 0 Å². The average Bonchev–Trinajstić information content (AvgIpc) is 2.35. The molecule has 2 nitrogen and oxygen atoms in total. The van der Waals surface area contributed by atoms with Crippen molar-refractivity contribution in [2.45, 2.75) is 39.0 Å². The van der Waals surface area contributed by atoms with Crippen molar-refractivity contribution < 1.29 is 9.13 Å². The van der Waals surface area contributed by atoms with Crippen LogP contribution in [0.25, 0.3) is 0 Å². The Morgan fingerprint density at radius 1 is 1.24 bits per heavy atom. The first-order valence-electron chi connectivity index (χ1n) is 6.10. The second-order valence-electron chi connectivity index (χ2n) is 4.02. The number of hydrogen-bond acceptors (Lipinski definition) is 2. The fraction of sp³-hybridized carbons (Fsp3) is 0.500. The summed E-state index contributed by atoms with van der Waals surface area (Å²) < 4.78 is 18.7. The van der Waals surface area contributed by atoms with Crippen LogP contribution in [0.3, 0.4) is 0 Å². The van der Waals surface area contributed by atoms with E-state index in [9.17, 15) is 4.39 Å². The molecule has 0 aliphatic heterocycles. The lowest BCUT2D eigenvalue weighted by Gasteiger charge is -2.07. The Morgan fingerprint density at radius 3 is 2.65 bits per heavy atom. The Bertz CT molecular complexity index is 384. The number of unbranched alkanes of at least 4 members (excludes halogenated alkanes) is 4. The van der Waals surface area contributed by atoms with Crippen LogP contribution >= 0.6 is 0 Å². The fourth-order valence-electron chi connectivity index (χ4n) is 1.58. The van der Waals surface area contributed by atoms with Crippen molar-refractivity contribution in [3.63, 3.8) is 0 Å². The zero-order chi connectivity index (χ0) is 12.5. The summed E-state index contributed by atoms with van der Waals surface area (Å²) in [6.07, 6.45) is 5.72. The Hall–Kier alpha value is -1.56. The highest BCUT2D eigenvalue weighted by Crippen LogP contribution is 2.18. The summed E-state index contributed by atoms with van der Waals surface area (Å²) in [6, 6.07) is 6.17. The van der Waals surface area contributed by atoms with Gasteiger partial charge in [-0.05, 0) is 24.6 Å². The van der Waals surface area contributed by atoms with E-state index in [1.165, 1.54) is 31.4 Å². The molecule has 0 atom stereocenters. The van der Waals surface area contributed by atoms with E-state index >= 15 is 0 Å². The van der Waals surface area contributed by atoms with Crippen molar-refractivity contribution in [2.75, 3.05) is 6.61 Å². The summed E-state index contributed by atoms with van der Waals surface area (Å²) in [6.45, 7) is 2.70. The Kier molecular flexibility index (Phi) is 6.09. The van der Waals surface area contributed by atoms with E-state index < -0.39 is 5.82 Å². The van der Waals surface area contributed by atoms with Crippen LogP contribution in [0.2, 0.25) is 0 Å². The number of rotatable bonds is 7. The molecular formula is C14H18FNO. The molecule has 0 saturated heterocycles. The van der Waals surface area contributed by atoms with Crippen molar-refractivity contribution in [3.8, 4) is 11.8 Å². The lowest BCUT2D eigenvalue weighted by molar-refractivity contribution is 0.290. The van der Waals surface area contributed by atoms with Crippen molar-refractivity contribution in [3.05, 3.63) is 29.6 Å². The predicted octanol–water partition coefficient (Wildman–Crippen LogP) is 4.05. The highest BCUT2D eigenvalue weighted by atomic mass is 19.1. The average molecular weight is 235 g/mol. The Labute approximate surface area is 102 Å². The highest BCUT2D eigenvalue weighted by molar-refractivity contribution is 5.35.